The van der Waals surface area contributed by atoms with Crippen molar-refractivity contribution in [2.75, 3.05) is 12.3 Å². The minimum Gasteiger partial charge on any atom is -0.409 e. The van der Waals surface area contributed by atoms with Gasteiger partial charge in [0.15, 0.2) is 5.84 Å². The van der Waals surface area contributed by atoms with Gasteiger partial charge in [0.05, 0.1) is 5.92 Å². The monoisotopic (exact) mass is 287 g/mol. The van der Waals surface area contributed by atoms with Gasteiger partial charge in [-0.05, 0) is 18.2 Å². The third-order valence-corrected chi connectivity index (χ3v) is 2.77. The summed E-state index contributed by atoms with van der Waals surface area (Å²) in [7, 11) is 0. The van der Waals surface area contributed by atoms with E-state index < -0.39 is 17.3 Å². The number of halogens is 3. The lowest BCUT2D eigenvalue weighted by Gasteiger charge is -2.14. The van der Waals surface area contributed by atoms with Crippen molar-refractivity contribution in [2.45, 2.75) is 25.3 Å². The highest BCUT2D eigenvalue weighted by atomic mass is 32.2. The van der Waals surface area contributed by atoms with Crippen molar-refractivity contribution < 1.29 is 23.2 Å². The van der Waals surface area contributed by atoms with Crippen LogP contribution in [0.15, 0.2) is 5.16 Å². The number of amidine groups is 1. The van der Waals surface area contributed by atoms with Crippen LogP contribution in [0, 0.1) is 5.92 Å². The van der Waals surface area contributed by atoms with Crippen LogP contribution in [0.1, 0.15) is 19.8 Å². The molecule has 0 rings (SSSR count). The van der Waals surface area contributed by atoms with Crippen LogP contribution in [0.3, 0.4) is 0 Å². The van der Waals surface area contributed by atoms with E-state index in [4.69, 9.17) is 10.9 Å². The molecule has 0 aromatic carbocycles. The second kappa shape index (κ2) is 8.06. The number of nitrogens with one attached hydrogen (secondary N) is 1. The third-order valence-electron chi connectivity index (χ3n) is 2.03. The van der Waals surface area contributed by atoms with Gasteiger partial charge in [-0.25, -0.2) is 0 Å². The summed E-state index contributed by atoms with van der Waals surface area (Å²) >= 11 is -0.211. The van der Waals surface area contributed by atoms with Crippen LogP contribution >= 0.6 is 11.8 Å². The fourth-order valence-electron chi connectivity index (χ4n) is 1.24. The molecule has 9 heteroatoms. The number of hydrogen-bond acceptors (Lipinski definition) is 4. The molecule has 0 radical (unpaired) electrons. The van der Waals surface area contributed by atoms with Crippen molar-refractivity contribution in [3.63, 3.8) is 0 Å². The van der Waals surface area contributed by atoms with Gasteiger partial charge in [0, 0.05) is 12.3 Å². The van der Waals surface area contributed by atoms with E-state index in [0.29, 0.717) is 12.8 Å². The molecule has 0 aromatic heterocycles. The quantitative estimate of drug-likeness (QED) is 0.218. The number of rotatable bonds is 7. The van der Waals surface area contributed by atoms with Crippen LogP contribution in [-0.2, 0) is 4.79 Å². The number of oxime groups is 1. The van der Waals surface area contributed by atoms with Gasteiger partial charge in [0.25, 0.3) is 0 Å². The fourth-order valence-corrected chi connectivity index (χ4v) is 1.67. The first kappa shape index (κ1) is 16.9. The molecular formula is C9H16F3N3O2S. The van der Waals surface area contributed by atoms with Gasteiger partial charge in [-0.1, -0.05) is 18.5 Å². The van der Waals surface area contributed by atoms with Crippen molar-refractivity contribution in [3.8, 4) is 0 Å². The third kappa shape index (κ3) is 7.25. The Labute approximate surface area is 107 Å². The van der Waals surface area contributed by atoms with E-state index in [-0.39, 0.29) is 29.9 Å². The molecule has 0 spiro atoms. The molecule has 0 bridgehead atoms. The maximum atomic E-state index is 11.8. The Morgan fingerprint density at radius 1 is 1.56 bits per heavy atom. The Hall–Kier alpha value is -1.12. The first-order chi connectivity index (χ1) is 8.31. The highest BCUT2D eigenvalue weighted by Gasteiger charge is 2.28. The summed E-state index contributed by atoms with van der Waals surface area (Å²) in [5.74, 6) is -1.85. The lowest BCUT2D eigenvalue weighted by molar-refractivity contribution is -0.123. The highest BCUT2D eigenvalue weighted by molar-refractivity contribution is 8.00. The van der Waals surface area contributed by atoms with Gasteiger partial charge in [0.2, 0.25) is 5.91 Å². The average molecular weight is 287 g/mol. The number of amides is 1. The maximum Gasteiger partial charge on any atom is 0.441 e. The van der Waals surface area contributed by atoms with E-state index in [1.807, 2.05) is 6.92 Å². The zero-order valence-electron chi connectivity index (χ0n) is 9.83. The van der Waals surface area contributed by atoms with Gasteiger partial charge in [-0.2, -0.15) is 13.2 Å². The topological polar surface area (TPSA) is 87.7 Å². The Kier molecular flexibility index (Phi) is 7.56. The lowest BCUT2D eigenvalue weighted by atomic mass is 10.0. The van der Waals surface area contributed by atoms with Crippen LogP contribution in [0.4, 0.5) is 13.2 Å². The normalized spacial score (nSPS) is 14.3. The zero-order chi connectivity index (χ0) is 14.2. The van der Waals surface area contributed by atoms with E-state index >= 15 is 0 Å². The van der Waals surface area contributed by atoms with E-state index in [2.05, 4.69) is 10.5 Å². The number of nitrogens with two attached hydrogens (primary N) is 1. The van der Waals surface area contributed by atoms with Gasteiger partial charge < -0.3 is 16.3 Å². The molecule has 1 unspecified atom stereocenters. The fraction of sp³-hybridized carbons (Fsp3) is 0.778. The molecule has 0 aromatic rings. The first-order valence-corrected chi connectivity index (χ1v) is 6.26. The molecule has 106 valence electrons. The summed E-state index contributed by atoms with van der Waals surface area (Å²) in [6, 6.07) is 0. The van der Waals surface area contributed by atoms with Crippen LogP contribution in [0.5, 0.6) is 0 Å². The molecule has 0 aliphatic heterocycles. The maximum absolute atomic E-state index is 11.8. The first-order valence-electron chi connectivity index (χ1n) is 5.27. The lowest BCUT2D eigenvalue weighted by Crippen LogP contribution is -2.39. The summed E-state index contributed by atoms with van der Waals surface area (Å²) in [6.45, 7) is 1.69. The van der Waals surface area contributed by atoms with Crippen molar-refractivity contribution in [3.05, 3.63) is 0 Å². The van der Waals surface area contributed by atoms with Crippen LogP contribution < -0.4 is 11.1 Å². The molecular weight excluding hydrogens is 271 g/mol. The molecule has 1 amide bonds. The molecule has 1 atom stereocenters. The largest absolute Gasteiger partial charge is 0.441 e. The zero-order valence-corrected chi connectivity index (χ0v) is 10.6. The Bertz CT molecular complexity index is 297. The molecule has 0 saturated heterocycles. The molecule has 0 fully saturated rings. The van der Waals surface area contributed by atoms with Gasteiger partial charge >= 0.3 is 5.51 Å². The number of alkyl halides is 3. The predicted molar refractivity (Wildman–Crippen MR) is 63.3 cm³/mol. The smallest absolute Gasteiger partial charge is 0.409 e. The number of thioether (sulfide) groups is 1. The molecule has 18 heavy (non-hydrogen) atoms. The second-order valence-electron chi connectivity index (χ2n) is 3.45. The molecule has 0 aliphatic rings. The number of nitrogens with zero attached hydrogens (tertiary/aromatic N) is 1. The number of carbonyl (C=O) groups excluding carboxylic acids is 1. The number of hydrogen-bond donors (Lipinski definition) is 3. The SMILES string of the molecule is CCCC(C(=O)NCCSC(F)(F)F)C(N)=NO. The molecule has 0 aliphatic carbocycles. The van der Waals surface area contributed by atoms with Crippen LogP contribution in [0.2, 0.25) is 0 Å². The standard InChI is InChI=1S/C9H16F3N3O2S/c1-2-3-6(7(13)15-17)8(16)14-4-5-18-9(10,11)12/h6,17H,2-5H2,1H3,(H2,13,15)(H,14,16). The van der Waals surface area contributed by atoms with Crippen molar-refractivity contribution in [2.24, 2.45) is 16.8 Å². The molecule has 0 heterocycles. The molecule has 0 saturated carbocycles. The van der Waals surface area contributed by atoms with Gasteiger partial charge in [-0.15, -0.1) is 0 Å². The van der Waals surface area contributed by atoms with Crippen molar-refractivity contribution in [1.82, 2.24) is 5.32 Å². The van der Waals surface area contributed by atoms with Crippen LogP contribution in [0.25, 0.3) is 0 Å². The average Bonchev–Trinajstić information content (AvgIpc) is 2.29. The molecule has 4 N–H and O–H groups in total. The summed E-state index contributed by atoms with van der Waals surface area (Å²) in [6.07, 6.45) is 1.000. The summed E-state index contributed by atoms with van der Waals surface area (Å²) < 4.78 is 35.5. The van der Waals surface area contributed by atoms with E-state index in [1.54, 1.807) is 0 Å². The predicted octanol–water partition coefficient (Wildman–Crippen LogP) is 1.52. The van der Waals surface area contributed by atoms with E-state index in [9.17, 15) is 18.0 Å². The van der Waals surface area contributed by atoms with E-state index in [0.717, 1.165) is 0 Å². The summed E-state index contributed by atoms with van der Waals surface area (Å²) in [5.41, 5.74) is 1.03. The number of carbonyl (C=O) groups is 1. The summed E-state index contributed by atoms with van der Waals surface area (Å²) in [5, 5.41) is 13.6. The van der Waals surface area contributed by atoms with Gasteiger partial charge in [0.1, 0.15) is 0 Å². The van der Waals surface area contributed by atoms with Crippen molar-refractivity contribution >= 4 is 23.5 Å². The minimum atomic E-state index is -4.31. The van der Waals surface area contributed by atoms with E-state index in [1.165, 1.54) is 0 Å². The Morgan fingerprint density at radius 2 is 2.17 bits per heavy atom. The van der Waals surface area contributed by atoms with Crippen LogP contribution in [-0.4, -0.2) is 34.8 Å². The highest BCUT2D eigenvalue weighted by Crippen LogP contribution is 2.29. The Balaban J connectivity index is 4.12. The minimum absolute atomic E-state index is 0.123. The molecule has 5 nitrogen and oxygen atoms in total. The van der Waals surface area contributed by atoms with Gasteiger partial charge in [-0.3, -0.25) is 4.79 Å². The van der Waals surface area contributed by atoms with Crippen molar-refractivity contribution in [1.29, 1.82) is 0 Å². The second-order valence-corrected chi connectivity index (χ2v) is 4.61. The Morgan fingerprint density at radius 3 is 2.61 bits per heavy atom. The summed E-state index contributed by atoms with van der Waals surface area (Å²) in [4.78, 5) is 11.6.